The topological polar surface area (TPSA) is 78.5 Å². The van der Waals surface area contributed by atoms with Gasteiger partial charge in [-0.15, -0.1) is 0 Å². The zero-order chi connectivity index (χ0) is 20.5. The molecule has 146 valence electrons. The lowest BCUT2D eigenvalue weighted by atomic mass is 9.92. The Morgan fingerprint density at radius 2 is 1.89 bits per heavy atom. The summed E-state index contributed by atoms with van der Waals surface area (Å²) in [5, 5.41) is 6.33. The molecule has 0 saturated carbocycles. The molecule has 2 aromatic carbocycles. The summed E-state index contributed by atoms with van der Waals surface area (Å²) in [5.41, 5.74) is -0.0296. The van der Waals surface area contributed by atoms with Crippen molar-refractivity contribution in [2.45, 2.75) is 25.4 Å². The van der Waals surface area contributed by atoms with Gasteiger partial charge in [-0.05, 0) is 37.6 Å². The number of hydrogen-bond donors (Lipinski definition) is 2. The number of hydrogen-bond acceptors (Lipinski definition) is 3. The number of benzene rings is 2. The molecule has 2 aromatic rings. The first kappa shape index (κ1) is 20.2. The first-order valence-corrected chi connectivity index (χ1v) is 9.42. The number of carbonyl (C=O) groups is 3. The van der Waals surface area contributed by atoms with Crippen molar-refractivity contribution in [3.05, 3.63) is 69.7 Å². The predicted octanol–water partition coefficient (Wildman–Crippen LogP) is 3.64. The van der Waals surface area contributed by atoms with Gasteiger partial charge >= 0.3 is 6.03 Å². The SMILES string of the molecule is CC(NC(=O)CN1C(=O)NC(C)(c2ccccc2Cl)C1=O)c1cccc(Cl)c1. The first-order valence-electron chi connectivity index (χ1n) is 8.66. The van der Waals surface area contributed by atoms with Gasteiger partial charge in [-0.25, -0.2) is 4.79 Å². The maximum atomic E-state index is 12.9. The summed E-state index contributed by atoms with van der Waals surface area (Å²) in [5.74, 6) is -0.990. The van der Waals surface area contributed by atoms with Crippen LogP contribution in [0.1, 0.15) is 31.0 Å². The van der Waals surface area contributed by atoms with E-state index in [1.165, 1.54) is 0 Å². The van der Waals surface area contributed by atoms with E-state index >= 15 is 0 Å². The largest absolute Gasteiger partial charge is 0.348 e. The van der Waals surface area contributed by atoms with Crippen LogP contribution in [-0.4, -0.2) is 29.3 Å². The van der Waals surface area contributed by atoms with Crippen molar-refractivity contribution in [2.75, 3.05) is 6.54 Å². The van der Waals surface area contributed by atoms with E-state index in [9.17, 15) is 14.4 Å². The molecule has 0 radical (unpaired) electrons. The van der Waals surface area contributed by atoms with Gasteiger partial charge in [0.15, 0.2) is 0 Å². The maximum Gasteiger partial charge on any atom is 0.325 e. The summed E-state index contributed by atoms with van der Waals surface area (Å²) in [6.45, 7) is 2.97. The molecule has 4 amide bonds. The van der Waals surface area contributed by atoms with Crippen molar-refractivity contribution in [3.63, 3.8) is 0 Å². The lowest BCUT2D eigenvalue weighted by molar-refractivity contribution is -0.135. The van der Waals surface area contributed by atoms with Gasteiger partial charge in [-0.2, -0.15) is 0 Å². The zero-order valence-electron chi connectivity index (χ0n) is 15.3. The average Bonchev–Trinajstić information content (AvgIpc) is 2.86. The Morgan fingerprint density at radius 3 is 2.57 bits per heavy atom. The molecule has 3 rings (SSSR count). The number of urea groups is 1. The Morgan fingerprint density at radius 1 is 1.18 bits per heavy atom. The highest BCUT2D eigenvalue weighted by atomic mass is 35.5. The lowest BCUT2D eigenvalue weighted by Gasteiger charge is -2.23. The van der Waals surface area contributed by atoms with Crippen molar-refractivity contribution in [1.29, 1.82) is 0 Å². The van der Waals surface area contributed by atoms with E-state index in [2.05, 4.69) is 10.6 Å². The van der Waals surface area contributed by atoms with E-state index in [-0.39, 0.29) is 6.04 Å². The van der Waals surface area contributed by atoms with Gasteiger partial charge < -0.3 is 10.6 Å². The van der Waals surface area contributed by atoms with Gasteiger partial charge in [0.25, 0.3) is 5.91 Å². The minimum Gasteiger partial charge on any atom is -0.348 e. The number of carbonyl (C=O) groups excluding carboxylic acids is 3. The third-order valence-electron chi connectivity index (χ3n) is 4.72. The molecule has 1 fully saturated rings. The third-order valence-corrected chi connectivity index (χ3v) is 5.28. The van der Waals surface area contributed by atoms with E-state index in [4.69, 9.17) is 23.2 Å². The Hall–Kier alpha value is -2.57. The van der Waals surface area contributed by atoms with E-state index in [1.807, 2.05) is 6.07 Å². The van der Waals surface area contributed by atoms with Crippen molar-refractivity contribution in [3.8, 4) is 0 Å². The van der Waals surface area contributed by atoms with Crippen molar-refractivity contribution in [1.82, 2.24) is 15.5 Å². The van der Waals surface area contributed by atoms with Crippen molar-refractivity contribution >= 4 is 41.0 Å². The molecule has 1 heterocycles. The molecule has 0 aliphatic carbocycles. The number of imide groups is 1. The molecule has 2 N–H and O–H groups in total. The van der Waals surface area contributed by atoms with E-state index in [0.29, 0.717) is 15.6 Å². The van der Waals surface area contributed by atoms with Crippen molar-refractivity contribution in [2.24, 2.45) is 0 Å². The van der Waals surface area contributed by atoms with Crippen LogP contribution in [0.4, 0.5) is 4.79 Å². The van der Waals surface area contributed by atoms with Crippen LogP contribution in [0, 0.1) is 0 Å². The predicted molar refractivity (Wildman–Crippen MR) is 107 cm³/mol. The quantitative estimate of drug-likeness (QED) is 0.726. The molecule has 0 bridgehead atoms. The molecule has 0 spiro atoms. The van der Waals surface area contributed by atoms with Gasteiger partial charge in [0.2, 0.25) is 5.91 Å². The summed E-state index contributed by atoms with van der Waals surface area (Å²) in [7, 11) is 0. The van der Waals surface area contributed by atoms with E-state index < -0.39 is 29.9 Å². The summed E-state index contributed by atoms with van der Waals surface area (Å²) >= 11 is 12.2. The Labute approximate surface area is 172 Å². The normalized spacial score (nSPS) is 20.1. The van der Waals surface area contributed by atoms with Crippen LogP contribution >= 0.6 is 23.2 Å². The van der Waals surface area contributed by atoms with E-state index in [0.717, 1.165) is 10.5 Å². The summed E-state index contributed by atoms with van der Waals surface area (Å²) in [4.78, 5) is 38.6. The van der Waals surface area contributed by atoms with Crippen LogP contribution < -0.4 is 10.6 Å². The number of nitrogens with zero attached hydrogens (tertiary/aromatic N) is 1. The number of halogens is 2. The van der Waals surface area contributed by atoms with Crippen LogP contribution in [0.3, 0.4) is 0 Å². The highest BCUT2D eigenvalue weighted by Gasteiger charge is 2.50. The molecular weight excluding hydrogens is 401 g/mol. The molecule has 1 aliphatic heterocycles. The van der Waals surface area contributed by atoms with Gasteiger partial charge in [0.1, 0.15) is 12.1 Å². The van der Waals surface area contributed by atoms with Crippen LogP contribution in [0.15, 0.2) is 48.5 Å². The van der Waals surface area contributed by atoms with Crippen LogP contribution in [0.5, 0.6) is 0 Å². The second-order valence-corrected chi connectivity index (χ2v) is 7.61. The molecule has 28 heavy (non-hydrogen) atoms. The molecule has 2 unspecified atom stereocenters. The fourth-order valence-electron chi connectivity index (χ4n) is 3.18. The molecule has 0 aromatic heterocycles. The fourth-order valence-corrected chi connectivity index (χ4v) is 3.70. The Kier molecular flexibility index (Phi) is 5.63. The van der Waals surface area contributed by atoms with Gasteiger partial charge in [0.05, 0.1) is 6.04 Å². The Bertz CT molecular complexity index is 950. The van der Waals surface area contributed by atoms with Crippen molar-refractivity contribution < 1.29 is 14.4 Å². The zero-order valence-corrected chi connectivity index (χ0v) is 16.8. The summed E-state index contributed by atoms with van der Waals surface area (Å²) in [6, 6.07) is 12.9. The number of nitrogens with one attached hydrogen (secondary N) is 2. The van der Waals surface area contributed by atoms with Crippen LogP contribution in [0.25, 0.3) is 0 Å². The average molecular weight is 420 g/mol. The van der Waals surface area contributed by atoms with E-state index in [1.54, 1.807) is 56.3 Å². The molecule has 8 heteroatoms. The van der Waals surface area contributed by atoms with Gasteiger partial charge in [-0.3, -0.25) is 14.5 Å². The second kappa shape index (κ2) is 7.81. The van der Waals surface area contributed by atoms with Crippen LogP contribution in [0.2, 0.25) is 10.0 Å². The smallest absolute Gasteiger partial charge is 0.325 e. The highest BCUT2D eigenvalue weighted by molar-refractivity contribution is 6.32. The van der Waals surface area contributed by atoms with Gasteiger partial charge in [-0.1, -0.05) is 53.5 Å². The number of rotatable bonds is 5. The highest BCUT2D eigenvalue weighted by Crippen LogP contribution is 2.33. The summed E-state index contributed by atoms with van der Waals surface area (Å²) in [6.07, 6.45) is 0. The summed E-state index contributed by atoms with van der Waals surface area (Å²) < 4.78 is 0. The monoisotopic (exact) mass is 419 g/mol. The van der Waals surface area contributed by atoms with Crippen LogP contribution in [-0.2, 0) is 15.1 Å². The third kappa shape index (κ3) is 3.84. The lowest BCUT2D eigenvalue weighted by Crippen LogP contribution is -2.43. The maximum absolute atomic E-state index is 12.9. The molecule has 1 saturated heterocycles. The molecule has 6 nitrogen and oxygen atoms in total. The minimum atomic E-state index is -1.33. The molecular formula is C20H19Cl2N3O3. The Balaban J connectivity index is 1.72. The molecule has 1 aliphatic rings. The second-order valence-electron chi connectivity index (χ2n) is 6.77. The minimum absolute atomic E-state index is 0.332. The number of amides is 4. The van der Waals surface area contributed by atoms with Gasteiger partial charge in [0, 0.05) is 15.6 Å². The molecule has 2 atom stereocenters. The fraction of sp³-hybridized carbons (Fsp3) is 0.250. The first-order chi connectivity index (χ1) is 13.2. The standard InChI is InChI=1S/C20H19Cl2N3O3/c1-12(13-6-5-7-14(21)10-13)23-17(26)11-25-18(27)20(2,24-19(25)28)15-8-3-4-9-16(15)22/h3-10,12H,11H2,1-2H3,(H,23,26)(H,24,28).